The van der Waals surface area contributed by atoms with Crippen molar-refractivity contribution in [1.82, 2.24) is 9.47 Å². The number of aromatic nitrogens is 1. The Bertz CT molecular complexity index is 1310. The van der Waals surface area contributed by atoms with Crippen LogP contribution in [0.2, 0.25) is 5.02 Å². The van der Waals surface area contributed by atoms with Gasteiger partial charge in [0.05, 0.1) is 10.6 Å². The van der Waals surface area contributed by atoms with Crippen LogP contribution in [-0.4, -0.2) is 39.6 Å². The summed E-state index contributed by atoms with van der Waals surface area (Å²) in [6, 6.07) is 14.5. The van der Waals surface area contributed by atoms with Crippen molar-refractivity contribution >= 4 is 63.1 Å². The van der Waals surface area contributed by atoms with Crippen LogP contribution in [0, 0.1) is 0 Å². The van der Waals surface area contributed by atoms with E-state index in [4.69, 9.17) is 11.6 Å². The van der Waals surface area contributed by atoms with E-state index >= 15 is 0 Å². The van der Waals surface area contributed by atoms with Crippen molar-refractivity contribution in [3.8, 4) is 0 Å². The van der Waals surface area contributed by atoms with Crippen molar-refractivity contribution in [3.05, 3.63) is 70.2 Å². The van der Waals surface area contributed by atoms with Crippen LogP contribution >= 0.6 is 23.4 Å². The molecule has 8 heteroatoms. The van der Waals surface area contributed by atoms with E-state index in [1.807, 2.05) is 39.9 Å². The summed E-state index contributed by atoms with van der Waals surface area (Å²) in [5.41, 5.74) is 2.17. The van der Waals surface area contributed by atoms with Crippen LogP contribution in [0.3, 0.4) is 0 Å². The number of hydrogen-bond donors (Lipinski definition) is 0. The van der Waals surface area contributed by atoms with Crippen LogP contribution in [0.15, 0.2) is 59.6 Å². The predicted molar refractivity (Wildman–Crippen MR) is 137 cm³/mol. The van der Waals surface area contributed by atoms with Crippen molar-refractivity contribution in [2.45, 2.75) is 32.2 Å². The molecule has 2 aliphatic heterocycles. The molecular weight excluding hydrogens is 470 g/mol. The molecule has 34 heavy (non-hydrogen) atoms. The molecule has 0 spiro atoms. The fourth-order valence-corrected chi connectivity index (χ4v) is 5.55. The Labute approximate surface area is 207 Å². The maximum atomic E-state index is 13.1. The highest BCUT2D eigenvalue weighted by atomic mass is 35.5. The number of carbonyl (C=O) groups excluding carboxylic acids is 3. The van der Waals surface area contributed by atoms with Gasteiger partial charge in [-0.3, -0.25) is 14.4 Å². The van der Waals surface area contributed by atoms with Gasteiger partial charge in [0.1, 0.15) is 6.54 Å². The Balaban J connectivity index is 1.45. The molecule has 1 aromatic heterocycles. The molecule has 2 fully saturated rings. The largest absolute Gasteiger partial charge is 0.341 e. The summed E-state index contributed by atoms with van der Waals surface area (Å²) < 4.78 is 1.94. The first-order valence-corrected chi connectivity index (χ1v) is 12.6. The molecule has 3 heterocycles. The van der Waals surface area contributed by atoms with Crippen LogP contribution in [0.25, 0.3) is 17.0 Å². The molecule has 0 radical (unpaired) electrons. The number of nitrogens with zero attached hydrogens (tertiary/aromatic N) is 3. The van der Waals surface area contributed by atoms with E-state index in [9.17, 15) is 14.4 Å². The standard InChI is InChI=1S/C26H24ClN3O3S/c27-19-8-7-9-20(15-19)30-25(32)23(34-26(30)33)14-18-16-29(22-11-4-3-10-21(18)22)17-24(31)28-12-5-1-2-6-13-28/h3-4,7-11,14-16H,1-2,5-6,12-13,17H2/b23-14-. The summed E-state index contributed by atoms with van der Waals surface area (Å²) in [5.74, 6) is -0.273. The first-order valence-electron chi connectivity index (χ1n) is 11.4. The van der Waals surface area contributed by atoms with E-state index in [-0.39, 0.29) is 23.6 Å². The van der Waals surface area contributed by atoms with Gasteiger partial charge >= 0.3 is 0 Å². The maximum Gasteiger partial charge on any atom is 0.298 e. The molecule has 6 nitrogen and oxygen atoms in total. The molecule has 0 atom stereocenters. The van der Waals surface area contributed by atoms with Gasteiger partial charge in [0, 0.05) is 40.8 Å². The first kappa shape index (κ1) is 22.7. The van der Waals surface area contributed by atoms with Gasteiger partial charge in [-0.2, -0.15) is 0 Å². The summed E-state index contributed by atoms with van der Waals surface area (Å²) in [5, 5.41) is 1.02. The van der Waals surface area contributed by atoms with Gasteiger partial charge in [-0.25, -0.2) is 4.90 Å². The Hall–Kier alpha value is -3.03. The van der Waals surface area contributed by atoms with E-state index in [0.717, 1.165) is 59.1 Å². The Morgan fingerprint density at radius 1 is 1.00 bits per heavy atom. The lowest BCUT2D eigenvalue weighted by molar-refractivity contribution is -0.131. The summed E-state index contributed by atoms with van der Waals surface area (Å²) in [6.07, 6.45) is 8.07. The predicted octanol–water partition coefficient (Wildman–Crippen LogP) is 5.94. The summed E-state index contributed by atoms with van der Waals surface area (Å²) in [4.78, 5) is 42.2. The van der Waals surface area contributed by atoms with Gasteiger partial charge in [-0.15, -0.1) is 0 Å². The van der Waals surface area contributed by atoms with Gasteiger partial charge in [-0.1, -0.05) is 48.7 Å². The molecule has 0 aliphatic carbocycles. The zero-order chi connectivity index (χ0) is 23.7. The van der Waals surface area contributed by atoms with E-state index < -0.39 is 0 Å². The second-order valence-corrected chi connectivity index (χ2v) is 9.95. The van der Waals surface area contributed by atoms with Crippen LogP contribution < -0.4 is 4.90 Å². The van der Waals surface area contributed by atoms with Crippen LogP contribution in [0.1, 0.15) is 31.2 Å². The number of benzene rings is 2. The van der Waals surface area contributed by atoms with Crippen LogP contribution in [0.4, 0.5) is 10.5 Å². The maximum absolute atomic E-state index is 13.1. The lowest BCUT2D eigenvalue weighted by Gasteiger charge is -2.20. The SMILES string of the molecule is O=C(Cn1cc(/C=C2\SC(=O)N(c3cccc(Cl)c3)C2=O)c2ccccc21)N1CCCCCC1. The third-order valence-corrected chi connectivity index (χ3v) is 7.34. The number of carbonyl (C=O) groups is 3. The minimum Gasteiger partial charge on any atom is -0.341 e. The Kier molecular flexibility index (Phi) is 6.48. The number of thioether (sulfide) groups is 1. The number of halogens is 1. The minimum atomic E-state index is -0.380. The molecule has 2 saturated heterocycles. The van der Waals surface area contributed by atoms with Crippen molar-refractivity contribution < 1.29 is 14.4 Å². The molecule has 3 aromatic rings. The van der Waals surface area contributed by atoms with Gasteiger partial charge < -0.3 is 9.47 Å². The monoisotopic (exact) mass is 493 g/mol. The number of anilines is 1. The first-order chi connectivity index (χ1) is 16.5. The van der Waals surface area contributed by atoms with Gasteiger partial charge in [-0.05, 0) is 54.9 Å². The normalized spacial score (nSPS) is 18.2. The fraction of sp³-hybridized carbons (Fsp3) is 0.269. The summed E-state index contributed by atoms with van der Waals surface area (Å²) in [7, 11) is 0. The van der Waals surface area contributed by atoms with E-state index in [2.05, 4.69) is 0 Å². The molecule has 0 N–H and O–H groups in total. The Morgan fingerprint density at radius 3 is 2.53 bits per heavy atom. The highest BCUT2D eigenvalue weighted by Gasteiger charge is 2.36. The number of para-hydroxylation sites is 1. The molecule has 2 aliphatic rings. The van der Waals surface area contributed by atoms with Crippen molar-refractivity contribution in [3.63, 3.8) is 0 Å². The second kappa shape index (κ2) is 9.68. The summed E-state index contributed by atoms with van der Waals surface area (Å²) in [6.45, 7) is 1.86. The molecule has 174 valence electrons. The quantitative estimate of drug-likeness (QED) is 0.422. The third-order valence-electron chi connectivity index (χ3n) is 6.23. The van der Waals surface area contributed by atoms with Crippen molar-refractivity contribution in [1.29, 1.82) is 0 Å². The van der Waals surface area contributed by atoms with Crippen molar-refractivity contribution in [2.24, 2.45) is 0 Å². The number of fused-ring (bicyclic) bond motifs is 1. The molecule has 5 rings (SSSR count). The summed E-state index contributed by atoms with van der Waals surface area (Å²) >= 11 is 6.96. The fourth-order valence-electron chi connectivity index (χ4n) is 4.53. The number of amides is 3. The average Bonchev–Trinajstić information content (AvgIpc) is 3.14. The van der Waals surface area contributed by atoms with Crippen LogP contribution in [-0.2, 0) is 16.1 Å². The molecule has 0 unspecified atom stereocenters. The van der Waals surface area contributed by atoms with Crippen molar-refractivity contribution in [2.75, 3.05) is 18.0 Å². The van der Waals surface area contributed by atoms with E-state index in [1.165, 1.54) is 12.8 Å². The zero-order valence-corrected chi connectivity index (χ0v) is 20.1. The second-order valence-electron chi connectivity index (χ2n) is 8.52. The van der Waals surface area contributed by atoms with Gasteiger partial charge in [0.25, 0.3) is 11.1 Å². The van der Waals surface area contributed by atoms with Gasteiger partial charge in [0.2, 0.25) is 5.91 Å². The number of rotatable bonds is 4. The highest BCUT2D eigenvalue weighted by molar-refractivity contribution is 8.19. The highest BCUT2D eigenvalue weighted by Crippen LogP contribution is 2.37. The Morgan fingerprint density at radius 2 is 1.76 bits per heavy atom. The lowest BCUT2D eigenvalue weighted by atomic mass is 10.1. The zero-order valence-electron chi connectivity index (χ0n) is 18.6. The molecule has 2 aromatic carbocycles. The third kappa shape index (κ3) is 4.50. The average molecular weight is 494 g/mol. The smallest absolute Gasteiger partial charge is 0.298 e. The molecular formula is C26H24ClN3O3S. The topological polar surface area (TPSA) is 62.6 Å². The number of hydrogen-bond acceptors (Lipinski definition) is 4. The minimum absolute atomic E-state index is 0.107. The van der Waals surface area contributed by atoms with Crippen LogP contribution in [0.5, 0.6) is 0 Å². The molecule has 3 amide bonds. The van der Waals surface area contributed by atoms with Gasteiger partial charge in [0.15, 0.2) is 0 Å². The molecule has 0 saturated carbocycles. The van der Waals surface area contributed by atoms with E-state index in [1.54, 1.807) is 30.3 Å². The number of imide groups is 1. The lowest BCUT2D eigenvalue weighted by Crippen LogP contribution is -2.34. The number of likely N-dealkylation sites (tertiary alicyclic amines) is 1. The van der Waals surface area contributed by atoms with E-state index in [0.29, 0.717) is 15.6 Å². The molecule has 0 bridgehead atoms.